The summed E-state index contributed by atoms with van der Waals surface area (Å²) in [5.74, 6) is 0.0176. The van der Waals surface area contributed by atoms with Crippen LogP contribution >= 0.6 is 0 Å². The molecular weight excluding hydrogens is 174 g/mol. The van der Waals surface area contributed by atoms with Crippen molar-refractivity contribution in [3.63, 3.8) is 0 Å². The Morgan fingerprint density at radius 1 is 1.46 bits per heavy atom. The van der Waals surface area contributed by atoms with Crippen LogP contribution in [0.3, 0.4) is 0 Å². The maximum absolute atomic E-state index is 11.1. The number of nitrogens with one attached hydrogen (secondary N) is 2. The van der Waals surface area contributed by atoms with Crippen molar-refractivity contribution in [2.24, 2.45) is 11.7 Å². The highest BCUT2D eigenvalue weighted by molar-refractivity contribution is 5.80. The molecule has 0 spiro atoms. The summed E-state index contributed by atoms with van der Waals surface area (Å²) in [6.45, 7) is 1.32. The summed E-state index contributed by atoms with van der Waals surface area (Å²) in [5.41, 5.74) is 8.97. The third kappa shape index (κ3) is 3.75. The molecule has 0 aromatic rings. The van der Waals surface area contributed by atoms with Gasteiger partial charge in [-0.1, -0.05) is 0 Å². The summed E-state index contributed by atoms with van der Waals surface area (Å²) < 4.78 is 5.09. The molecule has 4 N–H and O–H groups in total. The Hall–Kier alpha value is -1.30. The predicted octanol–water partition coefficient (Wildman–Crippen LogP) is -0.888. The molecule has 6 heteroatoms. The monoisotopic (exact) mass is 187 g/mol. The lowest BCUT2D eigenvalue weighted by Gasteiger charge is -2.07. The molecule has 0 aromatic carbocycles. The van der Waals surface area contributed by atoms with E-state index in [1.807, 2.05) is 5.43 Å². The molecule has 0 aromatic heterocycles. The number of nitrogens with two attached hydrogens (primary N) is 1. The van der Waals surface area contributed by atoms with Gasteiger partial charge in [0.25, 0.3) is 0 Å². The van der Waals surface area contributed by atoms with Crippen molar-refractivity contribution in [2.45, 2.75) is 12.8 Å². The van der Waals surface area contributed by atoms with Crippen molar-refractivity contribution in [1.82, 2.24) is 10.9 Å². The van der Waals surface area contributed by atoms with Gasteiger partial charge >= 0.3 is 6.03 Å². The van der Waals surface area contributed by atoms with Gasteiger partial charge in [0.15, 0.2) is 0 Å². The van der Waals surface area contributed by atoms with E-state index >= 15 is 0 Å². The standard InChI is InChI=1S/C7H13N3O3/c8-7(12)10-9-6(11)3-5-1-2-13-4-5/h5H,1-4H2,(H,9,11)(H3,8,10,12). The Morgan fingerprint density at radius 2 is 2.23 bits per heavy atom. The van der Waals surface area contributed by atoms with Gasteiger partial charge in [-0.3, -0.25) is 10.2 Å². The summed E-state index contributed by atoms with van der Waals surface area (Å²) in [4.78, 5) is 21.3. The van der Waals surface area contributed by atoms with E-state index in [0.717, 1.165) is 6.42 Å². The van der Waals surface area contributed by atoms with Crippen molar-refractivity contribution in [2.75, 3.05) is 13.2 Å². The number of primary amides is 1. The van der Waals surface area contributed by atoms with Crippen LogP contribution in [0.1, 0.15) is 12.8 Å². The first-order valence-electron chi connectivity index (χ1n) is 4.10. The smallest absolute Gasteiger partial charge is 0.330 e. The van der Waals surface area contributed by atoms with Crippen LogP contribution in [0.2, 0.25) is 0 Å². The van der Waals surface area contributed by atoms with E-state index in [1.54, 1.807) is 0 Å². The number of hydrazine groups is 1. The summed E-state index contributed by atoms with van der Waals surface area (Å²) in [5, 5.41) is 0. The molecule has 3 amide bonds. The van der Waals surface area contributed by atoms with E-state index in [1.165, 1.54) is 0 Å². The second-order valence-corrected chi connectivity index (χ2v) is 2.97. The van der Waals surface area contributed by atoms with Crippen LogP contribution in [0.4, 0.5) is 4.79 Å². The van der Waals surface area contributed by atoms with Crippen LogP contribution in [0.15, 0.2) is 0 Å². The molecule has 13 heavy (non-hydrogen) atoms. The van der Waals surface area contributed by atoms with Gasteiger partial charge in [-0.15, -0.1) is 0 Å². The fraction of sp³-hybridized carbons (Fsp3) is 0.714. The maximum atomic E-state index is 11.1. The second kappa shape index (κ2) is 4.66. The molecular formula is C7H13N3O3. The van der Waals surface area contributed by atoms with Crippen molar-refractivity contribution < 1.29 is 14.3 Å². The molecule has 1 rings (SSSR count). The highest BCUT2D eigenvalue weighted by Gasteiger charge is 2.18. The molecule has 1 heterocycles. The van der Waals surface area contributed by atoms with Gasteiger partial charge in [-0.25, -0.2) is 10.2 Å². The van der Waals surface area contributed by atoms with Gasteiger partial charge in [0.1, 0.15) is 0 Å². The number of urea groups is 1. The molecule has 74 valence electrons. The second-order valence-electron chi connectivity index (χ2n) is 2.97. The maximum Gasteiger partial charge on any atom is 0.330 e. The summed E-state index contributed by atoms with van der Waals surface area (Å²) >= 11 is 0. The lowest BCUT2D eigenvalue weighted by atomic mass is 10.1. The number of hydrogen-bond donors (Lipinski definition) is 3. The number of carbonyl (C=O) groups excluding carboxylic acids is 2. The number of hydrogen-bond acceptors (Lipinski definition) is 3. The number of ether oxygens (including phenoxy) is 1. The molecule has 1 aliphatic rings. The van der Waals surface area contributed by atoms with Gasteiger partial charge in [-0.05, 0) is 12.3 Å². The van der Waals surface area contributed by atoms with E-state index in [2.05, 4.69) is 5.43 Å². The summed E-state index contributed by atoms with van der Waals surface area (Å²) in [7, 11) is 0. The van der Waals surface area contributed by atoms with Crippen LogP contribution < -0.4 is 16.6 Å². The van der Waals surface area contributed by atoms with Gasteiger partial charge in [0.05, 0.1) is 0 Å². The number of rotatable bonds is 2. The Bertz CT molecular complexity index is 201. The third-order valence-electron chi connectivity index (χ3n) is 1.82. The average Bonchev–Trinajstić information content (AvgIpc) is 2.53. The first-order chi connectivity index (χ1) is 6.18. The largest absolute Gasteiger partial charge is 0.381 e. The lowest BCUT2D eigenvalue weighted by Crippen LogP contribution is -2.44. The molecule has 1 unspecified atom stereocenters. The Morgan fingerprint density at radius 3 is 2.77 bits per heavy atom. The van der Waals surface area contributed by atoms with Gasteiger partial charge in [-0.2, -0.15) is 0 Å². The first-order valence-corrected chi connectivity index (χ1v) is 4.10. The van der Waals surface area contributed by atoms with Crippen LogP contribution in [0.25, 0.3) is 0 Å². The fourth-order valence-corrected chi connectivity index (χ4v) is 1.19. The van der Waals surface area contributed by atoms with E-state index in [4.69, 9.17) is 10.5 Å². The highest BCUT2D eigenvalue weighted by atomic mass is 16.5. The van der Waals surface area contributed by atoms with Crippen LogP contribution in [-0.4, -0.2) is 25.2 Å². The molecule has 0 bridgehead atoms. The Kier molecular flexibility index (Phi) is 3.51. The Labute approximate surface area is 75.8 Å². The number of amides is 3. The topological polar surface area (TPSA) is 93.5 Å². The normalized spacial score (nSPS) is 21.1. The molecule has 1 atom stereocenters. The minimum Gasteiger partial charge on any atom is -0.381 e. The van der Waals surface area contributed by atoms with Crippen molar-refractivity contribution in [3.05, 3.63) is 0 Å². The van der Waals surface area contributed by atoms with E-state index in [-0.39, 0.29) is 11.8 Å². The van der Waals surface area contributed by atoms with E-state index < -0.39 is 6.03 Å². The van der Waals surface area contributed by atoms with Crippen LogP contribution in [-0.2, 0) is 9.53 Å². The number of carbonyl (C=O) groups is 2. The zero-order valence-corrected chi connectivity index (χ0v) is 7.21. The molecule has 6 nitrogen and oxygen atoms in total. The lowest BCUT2D eigenvalue weighted by molar-refractivity contribution is -0.122. The third-order valence-corrected chi connectivity index (χ3v) is 1.82. The average molecular weight is 187 g/mol. The quantitative estimate of drug-likeness (QED) is 0.490. The molecule has 0 aliphatic carbocycles. The van der Waals surface area contributed by atoms with Gasteiger partial charge < -0.3 is 10.5 Å². The SMILES string of the molecule is NC(=O)NNC(=O)CC1CCOC1. The fourth-order valence-electron chi connectivity index (χ4n) is 1.19. The van der Waals surface area contributed by atoms with Crippen molar-refractivity contribution in [1.29, 1.82) is 0 Å². The van der Waals surface area contributed by atoms with Crippen molar-refractivity contribution >= 4 is 11.9 Å². The molecule has 1 fully saturated rings. The minimum absolute atomic E-state index is 0.241. The molecule has 1 saturated heterocycles. The zero-order valence-electron chi connectivity index (χ0n) is 7.21. The summed E-state index contributed by atoms with van der Waals surface area (Å²) in [6.07, 6.45) is 1.25. The summed E-state index contributed by atoms with van der Waals surface area (Å²) in [6, 6.07) is -0.768. The Balaban J connectivity index is 2.13. The van der Waals surface area contributed by atoms with E-state index in [0.29, 0.717) is 19.6 Å². The highest BCUT2D eigenvalue weighted by Crippen LogP contribution is 2.15. The van der Waals surface area contributed by atoms with Gasteiger partial charge in [0, 0.05) is 19.6 Å². The molecule has 1 aliphatic heterocycles. The van der Waals surface area contributed by atoms with Crippen molar-refractivity contribution in [3.8, 4) is 0 Å². The van der Waals surface area contributed by atoms with Crippen LogP contribution in [0.5, 0.6) is 0 Å². The molecule has 0 radical (unpaired) electrons. The van der Waals surface area contributed by atoms with Crippen LogP contribution in [0, 0.1) is 5.92 Å². The zero-order chi connectivity index (χ0) is 9.68. The minimum atomic E-state index is -0.768. The molecule has 0 saturated carbocycles. The van der Waals surface area contributed by atoms with Gasteiger partial charge in [0.2, 0.25) is 5.91 Å². The van der Waals surface area contributed by atoms with E-state index in [9.17, 15) is 9.59 Å². The predicted molar refractivity (Wildman–Crippen MR) is 44.4 cm³/mol. The first kappa shape index (κ1) is 9.79.